The van der Waals surface area contributed by atoms with E-state index in [1.807, 2.05) is 37.3 Å². The van der Waals surface area contributed by atoms with E-state index >= 15 is 0 Å². The average Bonchev–Trinajstić information content (AvgIpc) is 2.38. The van der Waals surface area contributed by atoms with Crippen molar-refractivity contribution >= 4 is 16.7 Å². The van der Waals surface area contributed by atoms with E-state index in [2.05, 4.69) is 5.32 Å². The molecule has 1 aromatic rings. The van der Waals surface area contributed by atoms with Gasteiger partial charge in [-0.2, -0.15) is 0 Å². The van der Waals surface area contributed by atoms with Crippen molar-refractivity contribution in [3.05, 3.63) is 35.9 Å². The number of carbonyl (C=O) groups excluding carboxylic acids is 1. The van der Waals surface area contributed by atoms with E-state index in [0.29, 0.717) is 19.5 Å². The lowest BCUT2D eigenvalue weighted by Gasteiger charge is -2.10. The fourth-order valence-corrected chi connectivity index (χ4v) is 2.53. The molecule has 0 aliphatic carbocycles. The maximum Gasteiger partial charge on any atom is 0.232 e. The van der Waals surface area contributed by atoms with Gasteiger partial charge in [0, 0.05) is 22.6 Å². The molecule has 1 rings (SSSR count). The minimum Gasteiger partial charge on any atom is -0.351 e. The minimum atomic E-state index is -1.14. The van der Waals surface area contributed by atoms with E-state index in [-0.39, 0.29) is 16.9 Å². The highest BCUT2D eigenvalue weighted by Gasteiger charge is 2.14. The van der Waals surface area contributed by atoms with Gasteiger partial charge in [-0.1, -0.05) is 37.3 Å². The molecule has 0 fully saturated rings. The molecule has 2 unspecified atom stereocenters. The highest BCUT2D eigenvalue weighted by Crippen LogP contribution is 2.01. The number of hydrogen-bond donors (Lipinski definition) is 2. The third-order valence-electron chi connectivity index (χ3n) is 2.63. The number of nitrogens with one attached hydrogen (secondary N) is 1. The van der Waals surface area contributed by atoms with Gasteiger partial charge in [-0.15, -0.1) is 0 Å². The zero-order chi connectivity index (χ0) is 13.4. The Morgan fingerprint density at radius 2 is 2.06 bits per heavy atom. The number of rotatable bonds is 7. The standard InChI is InChI=1S/C13H20N2O2S/c1-11(7-8-14)18(17)10-13(16)15-9-12-5-3-2-4-6-12/h2-6,11H,7-10,14H2,1H3,(H,15,16). The molecular formula is C13H20N2O2S. The predicted molar refractivity (Wildman–Crippen MR) is 74.4 cm³/mol. The van der Waals surface area contributed by atoms with Crippen molar-refractivity contribution in [2.45, 2.75) is 25.1 Å². The van der Waals surface area contributed by atoms with Crippen LogP contribution in [0.3, 0.4) is 0 Å². The van der Waals surface area contributed by atoms with E-state index in [1.165, 1.54) is 0 Å². The van der Waals surface area contributed by atoms with Crippen LogP contribution in [0.15, 0.2) is 30.3 Å². The van der Waals surface area contributed by atoms with Gasteiger partial charge in [-0.05, 0) is 18.5 Å². The lowest BCUT2D eigenvalue weighted by molar-refractivity contribution is -0.118. The molecular weight excluding hydrogens is 248 g/mol. The van der Waals surface area contributed by atoms with E-state index < -0.39 is 10.8 Å². The number of carbonyl (C=O) groups is 1. The molecule has 100 valence electrons. The Morgan fingerprint density at radius 1 is 1.39 bits per heavy atom. The molecule has 2 atom stereocenters. The van der Waals surface area contributed by atoms with Gasteiger partial charge in [-0.3, -0.25) is 9.00 Å². The fraction of sp³-hybridized carbons (Fsp3) is 0.462. The summed E-state index contributed by atoms with van der Waals surface area (Å²) in [5.41, 5.74) is 6.43. The first-order valence-electron chi connectivity index (χ1n) is 6.01. The second kappa shape index (κ2) is 8.00. The Hall–Kier alpha value is -1.20. The molecule has 0 aromatic heterocycles. The van der Waals surface area contributed by atoms with Crippen LogP contribution in [0.4, 0.5) is 0 Å². The second-order valence-electron chi connectivity index (χ2n) is 4.18. The van der Waals surface area contributed by atoms with Gasteiger partial charge in [0.15, 0.2) is 0 Å². The summed E-state index contributed by atoms with van der Waals surface area (Å²) in [6.45, 7) is 2.83. The van der Waals surface area contributed by atoms with Crippen molar-refractivity contribution in [3.8, 4) is 0 Å². The molecule has 0 aliphatic heterocycles. The Morgan fingerprint density at radius 3 is 2.67 bits per heavy atom. The monoisotopic (exact) mass is 268 g/mol. The fourth-order valence-electron chi connectivity index (χ4n) is 1.49. The van der Waals surface area contributed by atoms with E-state index in [4.69, 9.17) is 5.73 Å². The summed E-state index contributed by atoms with van der Waals surface area (Å²) in [5.74, 6) is -0.130. The van der Waals surface area contributed by atoms with Crippen LogP contribution in [-0.2, 0) is 22.1 Å². The van der Waals surface area contributed by atoms with Gasteiger partial charge < -0.3 is 11.1 Å². The molecule has 1 amide bonds. The van der Waals surface area contributed by atoms with E-state index in [0.717, 1.165) is 5.56 Å². The van der Waals surface area contributed by atoms with Crippen molar-refractivity contribution in [3.63, 3.8) is 0 Å². The number of benzene rings is 1. The van der Waals surface area contributed by atoms with Crippen LogP contribution in [-0.4, -0.2) is 27.7 Å². The van der Waals surface area contributed by atoms with Crippen LogP contribution in [0, 0.1) is 0 Å². The predicted octanol–water partition coefficient (Wildman–Crippen LogP) is 0.789. The Kier molecular flexibility index (Phi) is 6.60. The van der Waals surface area contributed by atoms with Crippen molar-refractivity contribution in [1.29, 1.82) is 0 Å². The number of amides is 1. The smallest absolute Gasteiger partial charge is 0.232 e. The van der Waals surface area contributed by atoms with Crippen molar-refractivity contribution < 1.29 is 9.00 Å². The molecule has 5 heteroatoms. The summed E-state index contributed by atoms with van der Waals surface area (Å²) in [7, 11) is -1.14. The zero-order valence-electron chi connectivity index (χ0n) is 10.6. The Labute approximate surface area is 110 Å². The third-order valence-corrected chi connectivity index (χ3v) is 4.31. The quantitative estimate of drug-likeness (QED) is 0.768. The molecule has 0 aliphatic rings. The molecule has 18 heavy (non-hydrogen) atoms. The molecule has 0 bridgehead atoms. The average molecular weight is 268 g/mol. The summed E-state index contributed by atoms with van der Waals surface area (Å²) in [4.78, 5) is 11.6. The molecule has 0 spiro atoms. The maximum absolute atomic E-state index is 11.7. The van der Waals surface area contributed by atoms with Crippen LogP contribution >= 0.6 is 0 Å². The summed E-state index contributed by atoms with van der Waals surface area (Å²) in [6, 6.07) is 9.64. The summed E-state index contributed by atoms with van der Waals surface area (Å²) < 4.78 is 11.7. The van der Waals surface area contributed by atoms with Gasteiger partial charge in [0.25, 0.3) is 0 Å². The van der Waals surface area contributed by atoms with Crippen LogP contribution in [0.25, 0.3) is 0 Å². The molecule has 0 saturated carbocycles. The zero-order valence-corrected chi connectivity index (χ0v) is 11.4. The van der Waals surface area contributed by atoms with Crippen molar-refractivity contribution in [2.24, 2.45) is 5.73 Å². The van der Waals surface area contributed by atoms with Gasteiger partial charge in [0.1, 0.15) is 5.75 Å². The lowest BCUT2D eigenvalue weighted by atomic mass is 10.2. The normalized spacial score (nSPS) is 13.9. The summed E-state index contributed by atoms with van der Waals surface area (Å²) in [5, 5.41) is 2.73. The summed E-state index contributed by atoms with van der Waals surface area (Å²) >= 11 is 0. The highest BCUT2D eigenvalue weighted by atomic mass is 32.2. The number of hydrogen-bond acceptors (Lipinski definition) is 3. The first kappa shape index (κ1) is 14.9. The first-order valence-corrected chi connectivity index (χ1v) is 7.39. The van der Waals surface area contributed by atoms with Crippen LogP contribution in [0.5, 0.6) is 0 Å². The van der Waals surface area contributed by atoms with Crippen molar-refractivity contribution in [1.82, 2.24) is 5.32 Å². The molecule has 0 radical (unpaired) electrons. The van der Waals surface area contributed by atoms with E-state index in [9.17, 15) is 9.00 Å². The SMILES string of the molecule is CC(CCN)S(=O)CC(=O)NCc1ccccc1. The van der Waals surface area contributed by atoms with Crippen LogP contribution < -0.4 is 11.1 Å². The molecule has 1 aromatic carbocycles. The van der Waals surface area contributed by atoms with E-state index in [1.54, 1.807) is 0 Å². The Bertz CT molecular complexity index is 395. The summed E-state index contributed by atoms with van der Waals surface area (Å²) in [6.07, 6.45) is 0.679. The van der Waals surface area contributed by atoms with Gasteiger partial charge in [0.2, 0.25) is 5.91 Å². The molecule has 3 N–H and O–H groups in total. The van der Waals surface area contributed by atoms with Crippen molar-refractivity contribution in [2.75, 3.05) is 12.3 Å². The maximum atomic E-state index is 11.7. The molecule has 0 heterocycles. The minimum absolute atomic E-state index is 0.0301. The number of nitrogens with two attached hydrogens (primary N) is 1. The third kappa shape index (κ3) is 5.42. The van der Waals surface area contributed by atoms with Gasteiger partial charge in [-0.25, -0.2) is 0 Å². The largest absolute Gasteiger partial charge is 0.351 e. The van der Waals surface area contributed by atoms with Crippen LogP contribution in [0.1, 0.15) is 18.9 Å². The molecule has 0 saturated heterocycles. The Balaban J connectivity index is 2.32. The molecule has 4 nitrogen and oxygen atoms in total. The first-order chi connectivity index (χ1) is 8.63. The highest BCUT2D eigenvalue weighted by molar-refractivity contribution is 7.86. The lowest BCUT2D eigenvalue weighted by Crippen LogP contribution is -2.31. The van der Waals surface area contributed by atoms with Gasteiger partial charge in [0.05, 0.1) is 0 Å². The second-order valence-corrected chi connectivity index (χ2v) is 6.03. The topological polar surface area (TPSA) is 72.2 Å². The van der Waals surface area contributed by atoms with Gasteiger partial charge >= 0.3 is 0 Å². The van der Waals surface area contributed by atoms with Crippen LogP contribution in [0.2, 0.25) is 0 Å².